The molecule has 1 aromatic heterocycles. The van der Waals surface area contributed by atoms with Crippen molar-refractivity contribution < 1.29 is 4.74 Å². The summed E-state index contributed by atoms with van der Waals surface area (Å²) in [6.45, 7) is 0.600. The minimum Gasteiger partial charge on any atom is -0.497 e. The van der Waals surface area contributed by atoms with Gasteiger partial charge in [0.25, 0.3) is 0 Å². The molecule has 2 aromatic rings. The molecule has 1 aromatic carbocycles. The molecule has 3 nitrogen and oxygen atoms in total. The van der Waals surface area contributed by atoms with Crippen molar-refractivity contribution in [2.75, 3.05) is 7.11 Å². The number of methoxy groups -OCH3 is 1. The number of ether oxygens (including phenoxy) is 1. The van der Waals surface area contributed by atoms with Crippen molar-refractivity contribution in [3.05, 3.63) is 30.0 Å². The Hall–Kier alpha value is -1.48. The molecule has 0 amide bonds. The van der Waals surface area contributed by atoms with Gasteiger partial charge < -0.3 is 15.0 Å². The summed E-state index contributed by atoms with van der Waals surface area (Å²) in [5.41, 5.74) is 8.25. The third kappa shape index (κ3) is 1.39. The molecule has 0 atom stereocenters. The zero-order valence-corrected chi connectivity index (χ0v) is 9.44. The van der Waals surface area contributed by atoms with Crippen molar-refractivity contribution in [2.24, 2.45) is 5.73 Å². The number of hydrogen-bond donors (Lipinski definition) is 1. The Morgan fingerprint density at radius 3 is 2.88 bits per heavy atom. The van der Waals surface area contributed by atoms with Gasteiger partial charge in [0.05, 0.1) is 12.6 Å². The monoisotopic (exact) mass is 216 g/mol. The molecule has 0 radical (unpaired) electrons. The van der Waals surface area contributed by atoms with Crippen LogP contribution in [0.3, 0.4) is 0 Å². The Bertz CT molecular complexity index is 526. The molecule has 1 aliphatic rings. The summed E-state index contributed by atoms with van der Waals surface area (Å²) in [5.74, 6) is 0.913. The highest BCUT2D eigenvalue weighted by atomic mass is 16.5. The predicted molar refractivity (Wildman–Crippen MR) is 64.7 cm³/mol. The van der Waals surface area contributed by atoms with E-state index in [-0.39, 0.29) is 0 Å². The second-order valence-corrected chi connectivity index (χ2v) is 4.38. The van der Waals surface area contributed by atoms with Gasteiger partial charge in [0.15, 0.2) is 0 Å². The van der Waals surface area contributed by atoms with Gasteiger partial charge in [-0.3, -0.25) is 0 Å². The molecule has 0 aliphatic heterocycles. The topological polar surface area (TPSA) is 40.2 Å². The lowest BCUT2D eigenvalue weighted by molar-refractivity contribution is 0.415. The minimum atomic E-state index is 0.600. The molecule has 1 aliphatic carbocycles. The molecule has 1 heterocycles. The Morgan fingerprint density at radius 2 is 2.25 bits per heavy atom. The van der Waals surface area contributed by atoms with Crippen LogP contribution in [0.1, 0.15) is 24.4 Å². The largest absolute Gasteiger partial charge is 0.497 e. The average Bonchev–Trinajstić information content (AvgIpc) is 3.10. The van der Waals surface area contributed by atoms with Crippen LogP contribution in [0.25, 0.3) is 10.9 Å². The highest BCUT2D eigenvalue weighted by molar-refractivity contribution is 5.85. The van der Waals surface area contributed by atoms with Gasteiger partial charge in [-0.25, -0.2) is 0 Å². The van der Waals surface area contributed by atoms with E-state index in [0.717, 1.165) is 5.75 Å². The van der Waals surface area contributed by atoms with Gasteiger partial charge in [0.2, 0.25) is 0 Å². The molecular formula is C13H16N2O. The van der Waals surface area contributed by atoms with Gasteiger partial charge in [0, 0.05) is 30.2 Å². The zero-order chi connectivity index (χ0) is 11.1. The predicted octanol–water partition coefficient (Wildman–Crippen LogP) is 2.44. The fourth-order valence-electron chi connectivity index (χ4n) is 2.25. The summed E-state index contributed by atoms with van der Waals surface area (Å²) < 4.78 is 7.62. The molecule has 0 unspecified atom stereocenters. The van der Waals surface area contributed by atoms with Gasteiger partial charge in [-0.2, -0.15) is 0 Å². The highest BCUT2D eigenvalue weighted by Gasteiger charge is 2.25. The molecule has 2 N–H and O–H groups in total. The summed E-state index contributed by atoms with van der Waals surface area (Å²) in [4.78, 5) is 0. The maximum absolute atomic E-state index is 5.78. The van der Waals surface area contributed by atoms with E-state index < -0.39 is 0 Å². The van der Waals surface area contributed by atoms with Crippen LogP contribution in [0, 0.1) is 0 Å². The van der Waals surface area contributed by atoms with Gasteiger partial charge in [0.1, 0.15) is 5.75 Å². The lowest BCUT2D eigenvalue weighted by Crippen LogP contribution is -1.94. The Balaban J connectivity index is 2.23. The fraction of sp³-hybridized carbons (Fsp3) is 0.385. The van der Waals surface area contributed by atoms with Crippen LogP contribution in [-0.2, 0) is 6.54 Å². The van der Waals surface area contributed by atoms with Crippen LogP contribution in [0.4, 0.5) is 0 Å². The first-order valence-electron chi connectivity index (χ1n) is 5.71. The number of fused-ring (bicyclic) bond motifs is 1. The maximum atomic E-state index is 5.78. The number of nitrogens with two attached hydrogens (primary N) is 1. The van der Waals surface area contributed by atoms with E-state index in [0.29, 0.717) is 12.6 Å². The first-order chi connectivity index (χ1) is 7.83. The second-order valence-electron chi connectivity index (χ2n) is 4.38. The fourth-order valence-corrected chi connectivity index (χ4v) is 2.25. The lowest BCUT2D eigenvalue weighted by Gasteiger charge is -2.04. The third-order valence-electron chi connectivity index (χ3n) is 3.28. The summed E-state index contributed by atoms with van der Waals surface area (Å²) in [6.07, 6.45) is 4.76. The van der Waals surface area contributed by atoms with E-state index in [1.165, 1.54) is 29.3 Å². The van der Waals surface area contributed by atoms with E-state index in [1.807, 2.05) is 6.07 Å². The van der Waals surface area contributed by atoms with Gasteiger partial charge >= 0.3 is 0 Å². The molecule has 0 saturated heterocycles. The summed E-state index contributed by atoms with van der Waals surface area (Å²) in [7, 11) is 1.70. The molecule has 1 fully saturated rings. The highest BCUT2D eigenvalue weighted by Crippen LogP contribution is 2.39. The second kappa shape index (κ2) is 3.52. The van der Waals surface area contributed by atoms with Crippen molar-refractivity contribution in [1.29, 1.82) is 0 Å². The average molecular weight is 216 g/mol. The van der Waals surface area contributed by atoms with Crippen LogP contribution in [-0.4, -0.2) is 11.7 Å². The molecule has 3 heteroatoms. The molecule has 16 heavy (non-hydrogen) atoms. The van der Waals surface area contributed by atoms with Crippen LogP contribution in [0.15, 0.2) is 24.4 Å². The molecule has 1 saturated carbocycles. The molecular weight excluding hydrogens is 200 g/mol. The minimum absolute atomic E-state index is 0.600. The van der Waals surface area contributed by atoms with Crippen molar-refractivity contribution in [3.8, 4) is 5.75 Å². The van der Waals surface area contributed by atoms with Gasteiger partial charge in [-0.15, -0.1) is 0 Å². The van der Waals surface area contributed by atoms with Crippen molar-refractivity contribution >= 4 is 10.9 Å². The van der Waals surface area contributed by atoms with Gasteiger partial charge in [-0.1, -0.05) is 0 Å². The van der Waals surface area contributed by atoms with Crippen LogP contribution >= 0.6 is 0 Å². The Kier molecular flexibility index (Phi) is 2.14. The first-order valence-corrected chi connectivity index (χ1v) is 5.71. The number of aromatic nitrogens is 1. The quantitative estimate of drug-likeness (QED) is 0.856. The number of nitrogens with zero attached hydrogens (tertiary/aromatic N) is 1. The Morgan fingerprint density at radius 1 is 1.44 bits per heavy atom. The van der Waals surface area contributed by atoms with Crippen molar-refractivity contribution in [2.45, 2.75) is 25.4 Å². The van der Waals surface area contributed by atoms with Gasteiger partial charge in [-0.05, 0) is 30.5 Å². The number of hydrogen-bond acceptors (Lipinski definition) is 2. The van der Waals surface area contributed by atoms with Crippen molar-refractivity contribution in [3.63, 3.8) is 0 Å². The first kappa shape index (κ1) is 9.73. The lowest BCUT2D eigenvalue weighted by atomic mass is 10.2. The molecule has 84 valence electrons. The summed E-state index contributed by atoms with van der Waals surface area (Å²) >= 11 is 0. The van der Waals surface area contributed by atoms with Crippen LogP contribution in [0.2, 0.25) is 0 Å². The number of rotatable bonds is 3. The van der Waals surface area contributed by atoms with E-state index >= 15 is 0 Å². The van der Waals surface area contributed by atoms with E-state index in [4.69, 9.17) is 10.5 Å². The maximum Gasteiger partial charge on any atom is 0.120 e. The third-order valence-corrected chi connectivity index (χ3v) is 3.28. The van der Waals surface area contributed by atoms with E-state index in [1.54, 1.807) is 7.11 Å². The summed E-state index contributed by atoms with van der Waals surface area (Å²) in [5, 5.41) is 1.26. The summed E-state index contributed by atoms with van der Waals surface area (Å²) in [6, 6.07) is 6.88. The zero-order valence-electron chi connectivity index (χ0n) is 9.44. The van der Waals surface area contributed by atoms with Crippen LogP contribution < -0.4 is 10.5 Å². The van der Waals surface area contributed by atoms with Crippen molar-refractivity contribution in [1.82, 2.24) is 4.57 Å². The van der Waals surface area contributed by atoms with E-state index in [2.05, 4.69) is 22.9 Å². The normalized spacial score (nSPS) is 15.6. The smallest absolute Gasteiger partial charge is 0.120 e. The Labute approximate surface area is 94.8 Å². The molecule has 0 bridgehead atoms. The standard InChI is InChI=1S/C13H16N2O/c1-16-11-4-5-12-9(7-14)8-15(10-2-3-10)13(12)6-11/h4-6,8,10H,2-3,7,14H2,1H3. The van der Waals surface area contributed by atoms with E-state index in [9.17, 15) is 0 Å². The van der Waals surface area contributed by atoms with Crippen LogP contribution in [0.5, 0.6) is 5.75 Å². The molecule has 3 rings (SSSR count). The number of benzene rings is 1. The SMILES string of the molecule is COc1ccc2c(CN)cn(C3CC3)c2c1. The molecule has 0 spiro atoms.